The normalized spacial score (nSPS) is 34.3. The lowest BCUT2D eigenvalue weighted by Crippen LogP contribution is -2.61. The number of ether oxygens (including phenoxy) is 8. The molecule has 4 fully saturated rings. The predicted molar refractivity (Wildman–Crippen MR) is 228 cm³/mol. The van der Waals surface area contributed by atoms with E-state index < -0.39 is 39.0 Å². The van der Waals surface area contributed by atoms with Gasteiger partial charge in [0.25, 0.3) is 0 Å². The molecule has 0 radical (unpaired) electrons. The molecule has 0 saturated carbocycles. The van der Waals surface area contributed by atoms with Crippen LogP contribution in [0.1, 0.15) is 23.6 Å². The molecule has 0 spiro atoms. The number of aliphatic hydroxyl groups is 2. The standard InChI is InChI=1S/C24H32O5P2S.C15H22O5P2S/c1-15-5-11-19(12-6-15)32-23-22(26-13-17-7-9-18(25-3)10-8-17)16(2)21-20(28-23)14-27-24(29-21)31(4)30;1-8-3-5-9(6-4-8)23-14-12(17)11(16)13-10(19-14)7-18-15(20-13)22(2)21/h5-12,16,20-24H,13-14,30H2,1-4H3;3-6,10-17H,7,21H2,1-2H3. The molecular weight excluding hydrogens is 816 g/mol. The summed E-state index contributed by atoms with van der Waals surface area (Å²) in [4.78, 5) is 2.16. The zero-order valence-electron chi connectivity index (χ0n) is 32.0. The lowest BCUT2D eigenvalue weighted by atomic mass is 9.91. The third-order valence-corrected chi connectivity index (χ3v) is 15.4. The summed E-state index contributed by atoms with van der Waals surface area (Å²) in [6.45, 7) is 11.9. The smallest absolute Gasteiger partial charge is 0.179 e. The van der Waals surface area contributed by atoms with Crippen LogP contribution in [0.4, 0.5) is 0 Å². The Hall–Kier alpha value is -0.480. The maximum Gasteiger partial charge on any atom is 0.179 e. The van der Waals surface area contributed by atoms with Crippen LogP contribution in [0.15, 0.2) is 82.6 Å². The zero-order valence-corrected chi connectivity index (χ0v) is 37.7. The molecule has 0 aromatic heterocycles. The Labute approximate surface area is 340 Å². The van der Waals surface area contributed by atoms with Crippen molar-refractivity contribution in [1.82, 2.24) is 0 Å². The molecule has 16 unspecified atom stereocenters. The third-order valence-electron chi connectivity index (χ3n) is 9.79. The summed E-state index contributed by atoms with van der Waals surface area (Å²) < 4.78 is 48.0. The van der Waals surface area contributed by atoms with Gasteiger partial charge in [-0.3, -0.25) is 0 Å². The highest BCUT2D eigenvalue weighted by molar-refractivity contribution is 8.13. The van der Waals surface area contributed by atoms with E-state index in [9.17, 15) is 10.2 Å². The van der Waals surface area contributed by atoms with Crippen molar-refractivity contribution in [3.63, 3.8) is 0 Å². The molecule has 10 nitrogen and oxygen atoms in total. The molecule has 2 N–H and O–H groups in total. The van der Waals surface area contributed by atoms with Crippen molar-refractivity contribution in [3.05, 3.63) is 89.5 Å². The van der Waals surface area contributed by atoms with Gasteiger partial charge < -0.3 is 48.1 Å². The van der Waals surface area contributed by atoms with Crippen molar-refractivity contribution >= 4 is 56.6 Å². The van der Waals surface area contributed by atoms with Crippen LogP contribution in [-0.4, -0.2) is 110 Å². The van der Waals surface area contributed by atoms with E-state index >= 15 is 0 Å². The number of thioether (sulfide) groups is 2. The summed E-state index contributed by atoms with van der Waals surface area (Å²) in [6.07, 6.45) is -3.16. The fourth-order valence-corrected chi connectivity index (χ4v) is 11.1. The molecule has 16 atom stereocenters. The minimum atomic E-state index is -1.01. The second-order valence-corrected chi connectivity index (χ2v) is 25.0. The fraction of sp³-hybridized carbons (Fsp3) is 0.538. The van der Waals surface area contributed by atoms with Crippen molar-refractivity contribution in [1.29, 1.82) is 0 Å². The van der Waals surface area contributed by atoms with Crippen LogP contribution in [0.5, 0.6) is 5.75 Å². The maximum atomic E-state index is 10.4. The lowest BCUT2D eigenvalue weighted by Gasteiger charge is -2.49. The topological polar surface area (TPSA) is 114 Å². The van der Waals surface area contributed by atoms with Crippen molar-refractivity contribution < 1.29 is 48.1 Å². The molecule has 4 saturated heterocycles. The Balaban J connectivity index is 0.000000197. The quantitative estimate of drug-likeness (QED) is 0.194. The van der Waals surface area contributed by atoms with Gasteiger partial charge in [-0.2, -0.15) is 0 Å². The van der Waals surface area contributed by atoms with Crippen LogP contribution >= 0.6 is 56.6 Å². The predicted octanol–water partition coefficient (Wildman–Crippen LogP) is 7.78. The monoisotopic (exact) mass is 870 g/mol. The third kappa shape index (κ3) is 11.6. The van der Waals surface area contributed by atoms with E-state index in [0.717, 1.165) is 16.2 Å². The Morgan fingerprint density at radius 3 is 1.71 bits per heavy atom. The van der Waals surface area contributed by atoms with E-state index in [1.807, 2.05) is 62.1 Å². The highest BCUT2D eigenvalue weighted by atomic mass is 32.2. The average molecular weight is 871 g/mol. The van der Waals surface area contributed by atoms with Gasteiger partial charge in [0.1, 0.15) is 47.1 Å². The first-order valence-electron chi connectivity index (χ1n) is 18.3. The summed E-state index contributed by atoms with van der Waals surface area (Å²) in [7, 11) is 6.25. The summed E-state index contributed by atoms with van der Waals surface area (Å²) in [5, 5.41) is 20.8. The molecule has 4 aliphatic heterocycles. The van der Waals surface area contributed by atoms with Crippen LogP contribution in [0, 0.1) is 19.8 Å². The molecule has 4 aliphatic rings. The van der Waals surface area contributed by atoms with Gasteiger partial charge in [0.2, 0.25) is 0 Å². The summed E-state index contributed by atoms with van der Waals surface area (Å²) in [5.74, 6) is 1.01. The van der Waals surface area contributed by atoms with Crippen LogP contribution in [0.25, 0.3) is 0 Å². The average Bonchev–Trinajstić information content (AvgIpc) is 3.18. The lowest BCUT2D eigenvalue weighted by molar-refractivity contribution is -0.292. The zero-order chi connectivity index (χ0) is 39.2. The number of aryl methyl sites for hydroxylation is 2. The van der Waals surface area contributed by atoms with E-state index in [0.29, 0.717) is 19.8 Å². The molecule has 3 aromatic rings. The molecular formula is C39H54O10P4S2. The molecule has 0 amide bonds. The van der Waals surface area contributed by atoms with E-state index in [1.54, 1.807) is 18.9 Å². The SMILES string of the molecule is COc1ccc(COC2C(Sc3ccc(C)cc3)OC3COC(P(C)P)OC3C2C)cc1.Cc1ccc(SC2OC3COC(P(C)P)OC3C(O)C2O)cc1. The first-order chi connectivity index (χ1) is 26.4. The number of methoxy groups -OCH3 is 1. The minimum Gasteiger partial charge on any atom is -0.497 e. The van der Waals surface area contributed by atoms with Crippen LogP contribution < -0.4 is 4.74 Å². The molecule has 302 valence electrons. The van der Waals surface area contributed by atoms with Gasteiger partial charge >= 0.3 is 0 Å². The molecule has 0 aliphatic carbocycles. The number of aliphatic hydroxyl groups excluding tert-OH is 2. The number of hydrogen-bond donors (Lipinski definition) is 2. The van der Waals surface area contributed by atoms with Crippen LogP contribution in [-0.2, 0) is 39.8 Å². The van der Waals surface area contributed by atoms with Crippen molar-refractivity contribution in [2.24, 2.45) is 5.92 Å². The fourth-order valence-electron chi connectivity index (χ4n) is 6.62. The highest BCUT2D eigenvalue weighted by Gasteiger charge is 2.50. The van der Waals surface area contributed by atoms with Crippen molar-refractivity contribution in [2.45, 2.75) is 103 Å². The minimum absolute atomic E-state index is 0.0463. The Bertz CT molecular complexity index is 1620. The number of benzene rings is 3. The van der Waals surface area contributed by atoms with Crippen molar-refractivity contribution in [3.8, 4) is 5.75 Å². The summed E-state index contributed by atoms with van der Waals surface area (Å²) >= 11 is 3.12. The van der Waals surface area contributed by atoms with Gasteiger partial charge in [-0.15, -0.1) is 17.9 Å². The Morgan fingerprint density at radius 2 is 1.18 bits per heavy atom. The highest BCUT2D eigenvalue weighted by Crippen LogP contribution is 2.51. The molecule has 55 heavy (non-hydrogen) atoms. The largest absolute Gasteiger partial charge is 0.497 e. The van der Waals surface area contributed by atoms with Gasteiger partial charge in [-0.1, -0.05) is 78.0 Å². The number of fused-ring (bicyclic) bond motifs is 2. The van der Waals surface area contributed by atoms with Gasteiger partial charge in [0, 0.05) is 15.7 Å². The van der Waals surface area contributed by atoms with E-state index in [1.165, 1.54) is 27.8 Å². The summed E-state index contributed by atoms with van der Waals surface area (Å²) in [6, 6.07) is 24.0. The van der Waals surface area contributed by atoms with Crippen LogP contribution in [0.3, 0.4) is 0 Å². The van der Waals surface area contributed by atoms with E-state index in [2.05, 4.69) is 62.6 Å². The number of rotatable bonds is 10. The first-order valence-corrected chi connectivity index (χ1v) is 27.0. The van der Waals surface area contributed by atoms with Crippen molar-refractivity contribution in [2.75, 3.05) is 33.7 Å². The van der Waals surface area contributed by atoms with E-state index in [-0.39, 0.29) is 47.8 Å². The second kappa shape index (κ2) is 20.7. The Kier molecular flexibility index (Phi) is 16.6. The maximum absolute atomic E-state index is 10.4. The Morgan fingerprint density at radius 1 is 0.691 bits per heavy atom. The molecule has 7 rings (SSSR count). The molecule has 16 heteroatoms. The van der Waals surface area contributed by atoms with E-state index in [4.69, 9.17) is 37.9 Å². The summed E-state index contributed by atoms with van der Waals surface area (Å²) in [5.41, 5.74) is 2.83. The van der Waals surface area contributed by atoms with Crippen LogP contribution in [0.2, 0.25) is 0 Å². The van der Waals surface area contributed by atoms with Gasteiger partial charge in [-0.05, 0) is 84.4 Å². The number of hydrogen-bond acceptors (Lipinski definition) is 12. The van der Waals surface area contributed by atoms with Gasteiger partial charge in [0.15, 0.2) is 12.1 Å². The molecule has 4 heterocycles. The van der Waals surface area contributed by atoms with Gasteiger partial charge in [-0.25, -0.2) is 0 Å². The first kappa shape index (κ1) is 44.1. The van der Waals surface area contributed by atoms with Gasteiger partial charge in [0.05, 0.1) is 39.1 Å². The second-order valence-electron chi connectivity index (χ2n) is 14.2. The molecule has 3 aromatic carbocycles. The molecule has 0 bridgehead atoms.